The largest absolute Gasteiger partial charge is 0.347 e. The average Bonchev–Trinajstić information content (AvgIpc) is 3.99. The summed E-state index contributed by atoms with van der Waals surface area (Å²) < 4.78 is 2.09. The van der Waals surface area contributed by atoms with E-state index in [9.17, 15) is 4.79 Å². The number of hydrogen-bond donors (Lipinski definition) is 1. The fraction of sp³-hybridized carbons (Fsp3) is 0.250. The van der Waals surface area contributed by atoms with Crippen LogP contribution in [0.1, 0.15) is 73.7 Å². The van der Waals surface area contributed by atoms with Gasteiger partial charge in [-0.25, -0.2) is 9.98 Å². The number of amides is 1. The molecule has 0 bridgehead atoms. The molecule has 0 radical (unpaired) electrons. The topological polar surface area (TPSA) is 85.1 Å². The summed E-state index contributed by atoms with van der Waals surface area (Å²) in [5.74, 6) is 0.643. The van der Waals surface area contributed by atoms with E-state index in [0.29, 0.717) is 5.95 Å². The monoisotopic (exact) mass is 566 g/mol. The van der Waals surface area contributed by atoms with Crippen LogP contribution in [0.25, 0.3) is 22.7 Å². The van der Waals surface area contributed by atoms with E-state index in [1.165, 1.54) is 5.56 Å². The molecule has 1 unspecified atom stereocenters. The Labute approximate surface area is 251 Å². The van der Waals surface area contributed by atoms with Gasteiger partial charge in [0.15, 0.2) is 0 Å². The van der Waals surface area contributed by atoms with Gasteiger partial charge in [-0.3, -0.25) is 19.3 Å². The summed E-state index contributed by atoms with van der Waals surface area (Å²) >= 11 is 0. The highest BCUT2D eigenvalue weighted by atomic mass is 16.2. The van der Waals surface area contributed by atoms with Crippen molar-refractivity contribution in [3.63, 3.8) is 0 Å². The predicted octanol–water partition coefficient (Wildman–Crippen LogP) is 7.17. The highest BCUT2D eigenvalue weighted by Crippen LogP contribution is 2.54. The highest BCUT2D eigenvalue weighted by molar-refractivity contribution is 5.91. The van der Waals surface area contributed by atoms with Gasteiger partial charge in [-0.15, -0.1) is 0 Å². The van der Waals surface area contributed by atoms with E-state index in [4.69, 9.17) is 0 Å². The van der Waals surface area contributed by atoms with Crippen molar-refractivity contribution in [1.82, 2.24) is 24.8 Å². The van der Waals surface area contributed by atoms with Gasteiger partial charge in [0.05, 0.1) is 34.6 Å². The van der Waals surface area contributed by atoms with Crippen LogP contribution >= 0.6 is 0 Å². The van der Waals surface area contributed by atoms with Crippen molar-refractivity contribution >= 4 is 41.2 Å². The molecule has 7 rings (SSSR count). The molecule has 2 saturated carbocycles. The van der Waals surface area contributed by atoms with Gasteiger partial charge in [0.2, 0.25) is 11.9 Å². The van der Waals surface area contributed by atoms with Crippen LogP contribution in [0.3, 0.4) is 0 Å². The summed E-state index contributed by atoms with van der Waals surface area (Å²) in [5.41, 5.74) is 6.87. The van der Waals surface area contributed by atoms with Crippen molar-refractivity contribution in [2.75, 3.05) is 0 Å². The van der Waals surface area contributed by atoms with Gasteiger partial charge >= 0.3 is 0 Å². The van der Waals surface area contributed by atoms with E-state index in [0.717, 1.165) is 64.7 Å². The van der Waals surface area contributed by atoms with Crippen LogP contribution in [-0.2, 0) is 15.6 Å². The molecule has 5 aromatic rings. The van der Waals surface area contributed by atoms with Crippen LogP contribution in [0, 0.1) is 0 Å². The molecule has 43 heavy (non-hydrogen) atoms. The van der Waals surface area contributed by atoms with Gasteiger partial charge in [-0.2, -0.15) is 0 Å². The molecule has 2 fully saturated rings. The molecule has 7 nitrogen and oxygen atoms in total. The summed E-state index contributed by atoms with van der Waals surface area (Å²) in [6.45, 7) is 7.87. The number of aromatic nitrogens is 4. The van der Waals surface area contributed by atoms with E-state index in [1.807, 2.05) is 43.6 Å². The first-order chi connectivity index (χ1) is 20.9. The molecule has 1 amide bonds. The van der Waals surface area contributed by atoms with Crippen molar-refractivity contribution in [1.29, 1.82) is 0 Å². The number of hydrogen-bond acceptors (Lipinski definition) is 5. The maximum absolute atomic E-state index is 13.4. The first-order valence-electron chi connectivity index (χ1n) is 14.8. The zero-order valence-electron chi connectivity index (χ0n) is 24.5. The minimum absolute atomic E-state index is 0.0645. The maximum atomic E-state index is 13.4. The minimum Gasteiger partial charge on any atom is -0.347 e. The maximum Gasteiger partial charge on any atom is 0.233 e. The Bertz CT molecular complexity index is 1860. The highest BCUT2D eigenvalue weighted by Gasteiger charge is 2.51. The Kier molecular flexibility index (Phi) is 6.53. The van der Waals surface area contributed by atoms with Crippen LogP contribution in [-0.4, -0.2) is 32.1 Å². The molecule has 2 aromatic carbocycles. The second-order valence-electron chi connectivity index (χ2n) is 11.9. The van der Waals surface area contributed by atoms with Crippen molar-refractivity contribution in [3.05, 3.63) is 119 Å². The second kappa shape index (κ2) is 10.4. The molecule has 0 saturated heterocycles. The lowest BCUT2D eigenvalue weighted by Crippen LogP contribution is -2.36. The molecular formula is C36H34N6O. The number of pyridine rings is 2. The number of imidazole rings is 1. The number of benzene rings is 2. The lowest BCUT2D eigenvalue weighted by molar-refractivity contribution is -0.124. The fourth-order valence-corrected chi connectivity index (χ4v) is 6.27. The SMILES string of the molecule is C=Nc1ncc(C2(c3ccc4ncccc4c3)CC2)n1/C=C(\C)c1ccc(C2(C(=O)NC(C)c3ccccn3)CC2)cc1. The number of fused-ring (bicyclic) bond motifs is 1. The third kappa shape index (κ3) is 4.75. The summed E-state index contributed by atoms with van der Waals surface area (Å²) in [6.07, 6.45) is 11.4. The fourth-order valence-electron chi connectivity index (χ4n) is 6.27. The molecule has 2 aliphatic rings. The van der Waals surface area contributed by atoms with E-state index in [-0.39, 0.29) is 17.4 Å². The zero-order valence-corrected chi connectivity index (χ0v) is 24.5. The number of nitrogens with one attached hydrogen (secondary N) is 1. The second-order valence-corrected chi connectivity index (χ2v) is 11.9. The third-order valence-corrected chi connectivity index (χ3v) is 9.19. The van der Waals surface area contributed by atoms with Crippen molar-refractivity contribution in [2.24, 2.45) is 4.99 Å². The van der Waals surface area contributed by atoms with Crippen molar-refractivity contribution < 1.29 is 4.79 Å². The van der Waals surface area contributed by atoms with Crippen molar-refractivity contribution in [3.8, 4) is 0 Å². The smallest absolute Gasteiger partial charge is 0.233 e. The molecule has 214 valence electrons. The van der Waals surface area contributed by atoms with Gasteiger partial charge in [-0.05, 0) is 98.8 Å². The Morgan fingerprint density at radius 2 is 1.72 bits per heavy atom. The number of carbonyl (C=O) groups excluding carboxylic acids is 1. The van der Waals surface area contributed by atoms with Crippen LogP contribution in [0.5, 0.6) is 0 Å². The minimum atomic E-state index is -0.468. The summed E-state index contributed by atoms with van der Waals surface area (Å²) in [5, 5.41) is 4.32. The first kappa shape index (κ1) is 27.0. The normalized spacial score (nSPS) is 17.3. The van der Waals surface area contributed by atoms with Crippen molar-refractivity contribution in [2.45, 2.75) is 56.4 Å². The van der Waals surface area contributed by atoms with E-state index >= 15 is 0 Å². The molecule has 1 N–H and O–H groups in total. The van der Waals surface area contributed by atoms with Gasteiger partial charge in [-0.1, -0.05) is 42.5 Å². The lowest BCUT2D eigenvalue weighted by Gasteiger charge is -2.20. The Hall–Kier alpha value is -4.91. The molecule has 0 spiro atoms. The first-order valence-corrected chi connectivity index (χ1v) is 14.8. The van der Waals surface area contributed by atoms with Crippen LogP contribution in [0.2, 0.25) is 0 Å². The van der Waals surface area contributed by atoms with Crippen LogP contribution in [0.15, 0.2) is 96.4 Å². The molecule has 3 aromatic heterocycles. The molecule has 0 aliphatic heterocycles. The standard InChI is InChI=1S/C36H34N6O/c1-24(26-9-11-28(12-10-26)36(17-18-36)33(43)41-25(2)30-8-4-5-19-38-30)23-42-32(22-40-34(42)37-3)35(15-16-35)29-13-14-31-27(21-29)7-6-20-39-31/h4-14,19-23,25H,3,15-18H2,1-2H3,(H,41,43)/b24-23+. The lowest BCUT2D eigenvalue weighted by atomic mass is 9.91. The molecule has 7 heteroatoms. The number of allylic oxidation sites excluding steroid dienone is 1. The summed E-state index contributed by atoms with van der Waals surface area (Å²) in [7, 11) is 0. The average molecular weight is 567 g/mol. The van der Waals surface area contributed by atoms with Gasteiger partial charge in [0.25, 0.3) is 0 Å². The van der Waals surface area contributed by atoms with Crippen LogP contribution in [0.4, 0.5) is 5.95 Å². The van der Waals surface area contributed by atoms with E-state index in [2.05, 4.69) is 98.2 Å². The number of nitrogens with zero attached hydrogens (tertiary/aromatic N) is 5. The van der Waals surface area contributed by atoms with Gasteiger partial charge in [0.1, 0.15) is 0 Å². The molecule has 1 atom stereocenters. The number of aliphatic imine (C=N–C) groups is 1. The zero-order chi connectivity index (χ0) is 29.6. The number of carbonyl (C=O) groups is 1. The predicted molar refractivity (Wildman–Crippen MR) is 171 cm³/mol. The molecule has 3 heterocycles. The van der Waals surface area contributed by atoms with Gasteiger partial charge < -0.3 is 5.32 Å². The molecular weight excluding hydrogens is 532 g/mol. The third-order valence-electron chi connectivity index (χ3n) is 9.19. The van der Waals surface area contributed by atoms with Gasteiger partial charge in [0, 0.05) is 29.4 Å². The van der Waals surface area contributed by atoms with Crippen LogP contribution < -0.4 is 5.32 Å². The Balaban J connectivity index is 1.15. The van der Waals surface area contributed by atoms with E-state index in [1.54, 1.807) is 6.20 Å². The summed E-state index contributed by atoms with van der Waals surface area (Å²) in [6, 6.07) is 24.7. The molecule has 2 aliphatic carbocycles. The number of rotatable bonds is 9. The Morgan fingerprint density at radius 3 is 2.42 bits per heavy atom. The quantitative estimate of drug-likeness (QED) is 0.192. The summed E-state index contributed by atoms with van der Waals surface area (Å²) in [4.78, 5) is 31.1. The van der Waals surface area contributed by atoms with E-state index < -0.39 is 5.41 Å². The Morgan fingerprint density at radius 1 is 0.953 bits per heavy atom.